The first kappa shape index (κ1) is 14.9. The minimum atomic E-state index is 0.336. The molecule has 1 aliphatic rings. The van der Waals surface area contributed by atoms with Crippen LogP contribution >= 0.6 is 11.8 Å². The van der Waals surface area contributed by atoms with Crippen LogP contribution in [0.15, 0.2) is 29.2 Å². The fourth-order valence-electron chi connectivity index (χ4n) is 2.76. The van der Waals surface area contributed by atoms with Crippen LogP contribution in [0.3, 0.4) is 0 Å². The van der Waals surface area contributed by atoms with E-state index in [1.165, 1.54) is 42.1 Å². The number of aliphatic hydroxyl groups is 1. The number of hydrogen-bond acceptors (Lipinski definition) is 3. The number of aryl methyl sites for hydroxylation is 1. The first-order valence-corrected chi connectivity index (χ1v) is 8.32. The summed E-state index contributed by atoms with van der Waals surface area (Å²) in [5, 5.41) is 8.94. The standard InChI is InChI=1S/C16H25NOS/c1-14-6-8-16(9-7-14)19-13-11-17-10-2-4-15(17)5-3-12-18/h6-9,15,18H,2-5,10-13H2,1H3. The van der Waals surface area contributed by atoms with E-state index in [9.17, 15) is 0 Å². The molecule has 1 atom stereocenters. The lowest BCUT2D eigenvalue weighted by Crippen LogP contribution is -2.31. The Balaban J connectivity index is 1.71. The van der Waals surface area contributed by atoms with Crippen LogP contribution in [-0.2, 0) is 0 Å². The van der Waals surface area contributed by atoms with Crippen LogP contribution in [-0.4, -0.2) is 41.5 Å². The molecule has 0 radical (unpaired) electrons. The zero-order chi connectivity index (χ0) is 13.5. The molecule has 106 valence electrons. The lowest BCUT2D eigenvalue weighted by Gasteiger charge is -2.24. The average Bonchev–Trinajstić information content (AvgIpc) is 2.86. The Labute approximate surface area is 121 Å². The summed E-state index contributed by atoms with van der Waals surface area (Å²) in [4.78, 5) is 3.98. The first-order valence-electron chi connectivity index (χ1n) is 7.34. The molecule has 2 nitrogen and oxygen atoms in total. The average molecular weight is 279 g/mol. The predicted molar refractivity (Wildman–Crippen MR) is 82.8 cm³/mol. The Morgan fingerprint density at radius 3 is 2.84 bits per heavy atom. The summed E-state index contributed by atoms with van der Waals surface area (Å²) >= 11 is 1.95. The Bertz CT molecular complexity index is 366. The lowest BCUT2D eigenvalue weighted by atomic mass is 10.1. The molecule has 1 N–H and O–H groups in total. The third kappa shape index (κ3) is 4.83. The number of hydrogen-bond donors (Lipinski definition) is 1. The van der Waals surface area contributed by atoms with Crippen molar-refractivity contribution in [2.45, 2.75) is 43.5 Å². The van der Waals surface area contributed by atoms with Crippen LogP contribution in [0.25, 0.3) is 0 Å². The van der Waals surface area contributed by atoms with Gasteiger partial charge in [0.05, 0.1) is 0 Å². The van der Waals surface area contributed by atoms with E-state index in [0.717, 1.165) is 12.8 Å². The van der Waals surface area contributed by atoms with E-state index < -0.39 is 0 Å². The number of rotatable bonds is 7. The van der Waals surface area contributed by atoms with Crippen molar-refractivity contribution in [3.05, 3.63) is 29.8 Å². The molecule has 0 amide bonds. The zero-order valence-electron chi connectivity index (χ0n) is 11.8. The topological polar surface area (TPSA) is 23.5 Å². The second-order valence-electron chi connectivity index (χ2n) is 5.36. The molecule has 1 aromatic rings. The molecule has 1 fully saturated rings. The quantitative estimate of drug-likeness (QED) is 0.775. The molecule has 1 heterocycles. The molecule has 0 spiro atoms. The highest BCUT2D eigenvalue weighted by Gasteiger charge is 2.23. The molecule has 0 bridgehead atoms. The van der Waals surface area contributed by atoms with Crippen LogP contribution in [0.2, 0.25) is 0 Å². The number of nitrogens with zero attached hydrogens (tertiary/aromatic N) is 1. The highest BCUT2D eigenvalue weighted by Crippen LogP contribution is 2.23. The highest BCUT2D eigenvalue weighted by molar-refractivity contribution is 7.99. The van der Waals surface area contributed by atoms with Gasteiger partial charge in [-0.15, -0.1) is 11.8 Å². The van der Waals surface area contributed by atoms with E-state index in [4.69, 9.17) is 5.11 Å². The third-order valence-corrected chi connectivity index (χ3v) is 4.85. The number of likely N-dealkylation sites (tertiary alicyclic amines) is 1. The van der Waals surface area contributed by atoms with Crippen LogP contribution in [0.1, 0.15) is 31.2 Å². The van der Waals surface area contributed by atoms with Crippen molar-refractivity contribution in [3.8, 4) is 0 Å². The van der Waals surface area contributed by atoms with Crippen molar-refractivity contribution in [1.82, 2.24) is 4.90 Å². The van der Waals surface area contributed by atoms with Crippen LogP contribution in [0.4, 0.5) is 0 Å². The Hall–Kier alpha value is -0.510. The monoisotopic (exact) mass is 279 g/mol. The fraction of sp³-hybridized carbons (Fsp3) is 0.625. The normalized spacial score (nSPS) is 20.0. The van der Waals surface area contributed by atoms with E-state index in [1.807, 2.05) is 11.8 Å². The van der Waals surface area contributed by atoms with Gasteiger partial charge in [-0.3, -0.25) is 4.90 Å². The summed E-state index contributed by atoms with van der Waals surface area (Å²) in [6.45, 7) is 4.88. The summed E-state index contributed by atoms with van der Waals surface area (Å²) < 4.78 is 0. The van der Waals surface area contributed by atoms with Crippen molar-refractivity contribution in [2.75, 3.05) is 25.4 Å². The SMILES string of the molecule is Cc1ccc(SCCN2CCCC2CCCO)cc1. The van der Waals surface area contributed by atoms with E-state index in [-0.39, 0.29) is 0 Å². The van der Waals surface area contributed by atoms with Gasteiger partial charge in [-0.25, -0.2) is 0 Å². The summed E-state index contributed by atoms with van der Waals surface area (Å²) in [5.41, 5.74) is 1.33. The van der Waals surface area contributed by atoms with Gasteiger partial charge in [0.2, 0.25) is 0 Å². The van der Waals surface area contributed by atoms with Crippen molar-refractivity contribution < 1.29 is 5.11 Å². The molecule has 1 unspecified atom stereocenters. The molecular weight excluding hydrogens is 254 g/mol. The largest absolute Gasteiger partial charge is 0.396 e. The van der Waals surface area contributed by atoms with Gasteiger partial charge >= 0.3 is 0 Å². The van der Waals surface area contributed by atoms with Gasteiger partial charge < -0.3 is 5.11 Å². The predicted octanol–water partition coefficient (Wildman–Crippen LogP) is 3.32. The van der Waals surface area contributed by atoms with Crippen molar-refractivity contribution in [2.24, 2.45) is 0 Å². The van der Waals surface area contributed by atoms with Gasteiger partial charge in [0.1, 0.15) is 0 Å². The maximum atomic E-state index is 8.94. The van der Waals surface area contributed by atoms with Gasteiger partial charge in [0.25, 0.3) is 0 Å². The number of aliphatic hydroxyl groups excluding tert-OH is 1. The van der Waals surface area contributed by atoms with Crippen molar-refractivity contribution >= 4 is 11.8 Å². The minimum absolute atomic E-state index is 0.336. The molecule has 2 rings (SSSR count). The summed E-state index contributed by atoms with van der Waals surface area (Å²) in [5.74, 6) is 1.17. The van der Waals surface area contributed by atoms with Gasteiger partial charge in [-0.05, 0) is 51.3 Å². The second kappa shape index (κ2) is 7.93. The van der Waals surface area contributed by atoms with Crippen molar-refractivity contribution in [1.29, 1.82) is 0 Å². The maximum Gasteiger partial charge on any atom is 0.0431 e. The number of benzene rings is 1. The van der Waals surface area contributed by atoms with Gasteiger partial charge in [-0.2, -0.15) is 0 Å². The Kier molecular flexibility index (Phi) is 6.21. The Morgan fingerprint density at radius 1 is 1.32 bits per heavy atom. The molecular formula is C16H25NOS. The molecule has 0 aliphatic carbocycles. The van der Waals surface area contributed by atoms with Gasteiger partial charge in [-0.1, -0.05) is 17.7 Å². The molecule has 3 heteroatoms. The van der Waals surface area contributed by atoms with E-state index in [1.54, 1.807) is 0 Å². The number of thioether (sulfide) groups is 1. The van der Waals surface area contributed by atoms with Crippen molar-refractivity contribution in [3.63, 3.8) is 0 Å². The molecule has 1 saturated heterocycles. The van der Waals surface area contributed by atoms with E-state index in [0.29, 0.717) is 12.6 Å². The smallest absolute Gasteiger partial charge is 0.0431 e. The fourth-order valence-corrected chi connectivity index (χ4v) is 3.65. The van der Waals surface area contributed by atoms with E-state index >= 15 is 0 Å². The lowest BCUT2D eigenvalue weighted by molar-refractivity contribution is 0.225. The highest BCUT2D eigenvalue weighted by atomic mass is 32.2. The van der Waals surface area contributed by atoms with Crippen LogP contribution < -0.4 is 0 Å². The van der Waals surface area contributed by atoms with E-state index in [2.05, 4.69) is 36.1 Å². The minimum Gasteiger partial charge on any atom is -0.396 e. The van der Waals surface area contributed by atoms with Crippen LogP contribution in [0.5, 0.6) is 0 Å². The molecule has 1 aromatic carbocycles. The maximum absolute atomic E-state index is 8.94. The molecule has 0 aromatic heterocycles. The van der Waals surface area contributed by atoms with Gasteiger partial charge in [0, 0.05) is 29.8 Å². The van der Waals surface area contributed by atoms with Crippen LogP contribution in [0, 0.1) is 6.92 Å². The molecule has 1 aliphatic heterocycles. The first-order chi connectivity index (χ1) is 9.29. The summed E-state index contributed by atoms with van der Waals surface area (Å²) in [7, 11) is 0. The molecule has 19 heavy (non-hydrogen) atoms. The van der Waals surface area contributed by atoms with Gasteiger partial charge in [0.15, 0.2) is 0 Å². The summed E-state index contributed by atoms with van der Waals surface area (Å²) in [6, 6.07) is 9.51. The second-order valence-corrected chi connectivity index (χ2v) is 6.53. The third-order valence-electron chi connectivity index (χ3n) is 3.86. The summed E-state index contributed by atoms with van der Waals surface area (Å²) in [6.07, 6.45) is 4.75. The zero-order valence-corrected chi connectivity index (χ0v) is 12.7. The molecule has 0 saturated carbocycles. The Morgan fingerprint density at radius 2 is 2.11 bits per heavy atom.